The van der Waals surface area contributed by atoms with Gasteiger partial charge in [-0.15, -0.1) is 22.7 Å². The second-order valence-electron chi connectivity index (χ2n) is 12.9. The fourth-order valence-electron chi connectivity index (χ4n) is 7.45. The van der Waals surface area contributed by atoms with E-state index in [1.807, 2.05) is 22.7 Å². The van der Waals surface area contributed by atoms with E-state index in [1.54, 1.807) is 0 Å². The molecule has 240 valence electrons. The van der Waals surface area contributed by atoms with E-state index in [0.717, 1.165) is 17.1 Å². The van der Waals surface area contributed by atoms with Crippen LogP contribution in [-0.2, 0) is 0 Å². The summed E-state index contributed by atoms with van der Waals surface area (Å²) in [6.07, 6.45) is 0. The Morgan fingerprint density at radius 3 is 1.55 bits per heavy atom. The first-order valence-electron chi connectivity index (χ1n) is 17.3. The molecule has 0 saturated carbocycles. The zero-order valence-corrected chi connectivity index (χ0v) is 29.3. The molecule has 0 unspecified atom stereocenters. The molecule has 2 heterocycles. The number of hydrogen-bond acceptors (Lipinski definition) is 3. The van der Waals surface area contributed by atoms with Crippen molar-refractivity contribution in [3.05, 3.63) is 188 Å². The lowest BCUT2D eigenvalue weighted by Gasteiger charge is -2.26. The molecule has 51 heavy (non-hydrogen) atoms. The van der Waals surface area contributed by atoms with Gasteiger partial charge in [0, 0.05) is 63.0 Å². The van der Waals surface area contributed by atoms with Gasteiger partial charge in [0.1, 0.15) is 0 Å². The second kappa shape index (κ2) is 12.4. The van der Waals surface area contributed by atoms with Gasteiger partial charge in [-0.2, -0.15) is 0 Å². The monoisotopic (exact) mass is 685 g/mol. The summed E-state index contributed by atoms with van der Waals surface area (Å²) in [5.74, 6) is 0. The van der Waals surface area contributed by atoms with Crippen molar-refractivity contribution in [3.8, 4) is 33.4 Å². The van der Waals surface area contributed by atoms with Crippen LogP contribution in [0.2, 0.25) is 0 Å². The minimum atomic E-state index is 1.12. The van der Waals surface area contributed by atoms with Crippen LogP contribution in [0, 0.1) is 0 Å². The molecule has 0 aliphatic rings. The van der Waals surface area contributed by atoms with Crippen molar-refractivity contribution in [2.45, 2.75) is 0 Å². The van der Waals surface area contributed by atoms with Crippen LogP contribution in [0.4, 0.5) is 17.1 Å². The number of fused-ring (bicyclic) bond motifs is 6. The maximum atomic E-state index is 2.38. The summed E-state index contributed by atoms with van der Waals surface area (Å²) in [5, 5.41) is 5.27. The van der Waals surface area contributed by atoms with E-state index in [-0.39, 0.29) is 0 Å². The molecule has 8 aromatic carbocycles. The summed E-state index contributed by atoms with van der Waals surface area (Å²) in [6, 6.07) is 68.5. The number of nitrogens with zero attached hydrogens (tertiary/aromatic N) is 1. The first-order valence-corrected chi connectivity index (χ1v) is 18.9. The number of rotatable bonds is 6. The quantitative estimate of drug-likeness (QED) is 0.168. The molecular weight excluding hydrogens is 655 g/mol. The van der Waals surface area contributed by atoms with E-state index < -0.39 is 0 Å². The fraction of sp³-hybridized carbons (Fsp3) is 0. The van der Waals surface area contributed by atoms with Gasteiger partial charge >= 0.3 is 0 Å². The maximum absolute atomic E-state index is 2.38. The molecule has 2 aromatic heterocycles. The van der Waals surface area contributed by atoms with E-state index in [2.05, 4.69) is 193 Å². The van der Waals surface area contributed by atoms with Crippen molar-refractivity contribution in [1.82, 2.24) is 0 Å². The highest BCUT2D eigenvalue weighted by Gasteiger charge is 2.17. The van der Waals surface area contributed by atoms with Crippen LogP contribution < -0.4 is 4.90 Å². The average Bonchev–Trinajstić information content (AvgIpc) is 3.77. The minimum absolute atomic E-state index is 1.12. The van der Waals surface area contributed by atoms with Gasteiger partial charge in [-0.1, -0.05) is 140 Å². The summed E-state index contributed by atoms with van der Waals surface area (Å²) in [6.45, 7) is 0. The smallest absolute Gasteiger partial charge is 0.0476 e. The molecule has 0 saturated heterocycles. The topological polar surface area (TPSA) is 3.24 Å². The zero-order chi connectivity index (χ0) is 33.7. The molecule has 0 radical (unpaired) electrons. The molecule has 0 atom stereocenters. The van der Waals surface area contributed by atoms with Crippen molar-refractivity contribution in [2.75, 3.05) is 4.90 Å². The number of benzene rings is 8. The molecule has 0 bridgehead atoms. The molecule has 0 fully saturated rings. The Hall–Kier alpha value is -6.00. The van der Waals surface area contributed by atoms with Gasteiger partial charge in [0.05, 0.1) is 0 Å². The Morgan fingerprint density at radius 1 is 0.294 bits per heavy atom. The predicted octanol–water partition coefficient (Wildman–Crippen LogP) is 14.9. The van der Waals surface area contributed by atoms with Gasteiger partial charge < -0.3 is 4.90 Å². The predicted molar refractivity (Wildman–Crippen MR) is 223 cm³/mol. The Kier molecular flexibility index (Phi) is 7.26. The lowest BCUT2D eigenvalue weighted by molar-refractivity contribution is 1.29. The Morgan fingerprint density at radius 2 is 0.804 bits per heavy atom. The Bertz CT molecular complexity index is 2840. The number of thiophene rings is 2. The van der Waals surface area contributed by atoms with Crippen LogP contribution in [0.5, 0.6) is 0 Å². The largest absolute Gasteiger partial charge is 0.310 e. The molecule has 0 N–H and O–H groups in total. The number of hydrogen-bond donors (Lipinski definition) is 0. The molecule has 10 rings (SSSR count). The highest BCUT2D eigenvalue weighted by Crippen LogP contribution is 2.44. The first-order chi connectivity index (χ1) is 25.3. The molecular formula is C48H31NS2. The van der Waals surface area contributed by atoms with E-state index in [0.29, 0.717) is 0 Å². The Balaban J connectivity index is 1.08. The third-order valence-electron chi connectivity index (χ3n) is 9.91. The van der Waals surface area contributed by atoms with Gasteiger partial charge in [0.15, 0.2) is 0 Å². The van der Waals surface area contributed by atoms with Gasteiger partial charge in [-0.3, -0.25) is 0 Å². The van der Waals surface area contributed by atoms with E-state index >= 15 is 0 Å². The normalized spacial score (nSPS) is 11.5. The van der Waals surface area contributed by atoms with Crippen LogP contribution in [0.1, 0.15) is 0 Å². The molecule has 3 heteroatoms. The van der Waals surface area contributed by atoms with Crippen molar-refractivity contribution in [3.63, 3.8) is 0 Å². The Labute approximate surface area is 304 Å². The zero-order valence-electron chi connectivity index (χ0n) is 27.7. The minimum Gasteiger partial charge on any atom is -0.310 e. The standard InChI is InChI=1S/C48H31NS2/c1-2-11-32(12-3-1)33-21-25-35(26-22-33)49(37-29-30-42-40-15-6-8-19-45(40)50-47(42)31-37)36-27-23-34(24-28-36)38-13-4-5-14-39(38)43-17-10-18-44-41-16-7-9-20-46(41)51-48(43)44/h1-31H. The van der Waals surface area contributed by atoms with Crippen LogP contribution >= 0.6 is 22.7 Å². The van der Waals surface area contributed by atoms with Crippen molar-refractivity contribution in [2.24, 2.45) is 0 Å². The highest BCUT2D eigenvalue weighted by molar-refractivity contribution is 7.26. The SMILES string of the molecule is c1ccc(-c2ccc(N(c3ccc(-c4ccccc4-c4cccc5c4sc4ccccc45)cc3)c3ccc4c(c3)sc3ccccc34)cc2)cc1. The second-order valence-corrected chi connectivity index (χ2v) is 15.0. The summed E-state index contributed by atoms with van der Waals surface area (Å²) >= 11 is 3.74. The van der Waals surface area contributed by atoms with E-state index in [4.69, 9.17) is 0 Å². The van der Waals surface area contributed by atoms with E-state index in [9.17, 15) is 0 Å². The summed E-state index contributed by atoms with van der Waals surface area (Å²) in [4.78, 5) is 2.38. The summed E-state index contributed by atoms with van der Waals surface area (Å²) in [5.41, 5.74) is 10.8. The van der Waals surface area contributed by atoms with Gasteiger partial charge in [0.25, 0.3) is 0 Å². The third-order valence-corrected chi connectivity index (χ3v) is 12.3. The van der Waals surface area contributed by atoms with Crippen LogP contribution in [0.25, 0.3) is 73.7 Å². The molecule has 0 aliphatic heterocycles. The van der Waals surface area contributed by atoms with Crippen LogP contribution in [0.15, 0.2) is 188 Å². The van der Waals surface area contributed by atoms with Crippen molar-refractivity contribution < 1.29 is 0 Å². The van der Waals surface area contributed by atoms with Gasteiger partial charge in [-0.25, -0.2) is 0 Å². The molecule has 10 aromatic rings. The molecule has 0 amide bonds. The molecule has 0 spiro atoms. The highest BCUT2D eigenvalue weighted by atomic mass is 32.1. The third kappa shape index (κ3) is 5.21. The molecule has 1 nitrogen and oxygen atoms in total. The van der Waals surface area contributed by atoms with Gasteiger partial charge in [0.2, 0.25) is 0 Å². The fourth-order valence-corrected chi connectivity index (χ4v) is 9.82. The summed E-state index contributed by atoms with van der Waals surface area (Å²) in [7, 11) is 0. The van der Waals surface area contributed by atoms with Gasteiger partial charge in [-0.05, 0) is 76.3 Å². The lowest BCUT2D eigenvalue weighted by atomic mass is 9.93. The average molecular weight is 686 g/mol. The first kappa shape index (κ1) is 29.9. The molecule has 0 aliphatic carbocycles. The summed E-state index contributed by atoms with van der Waals surface area (Å²) < 4.78 is 5.27. The van der Waals surface area contributed by atoms with E-state index in [1.165, 1.54) is 73.7 Å². The number of anilines is 3. The van der Waals surface area contributed by atoms with Crippen LogP contribution in [0.3, 0.4) is 0 Å². The lowest BCUT2D eigenvalue weighted by Crippen LogP contribution is -2.09. The van der Waals surface area contributed by atoms with Crippen LogP contribution in [-0.4, -0.2) is 0 Å². The van der Waals surface area contributed by atoms with Crippen molar-refractivity contribution >= 4 is 80.1 Å². The van der Waals surface area contributed by atoms with Crippen molar-refractivity contribution in [1.29, 1.82) is 0 Å². The maximum Gasteiger partial charge on any atom is 0.0476 e.